The third-order valence-corrected chi connectivity index (χ3v) is 5.93. The molecule has 0 amide bonds. The lowest BCUT2D eigenvalue weighted by atomic mass is 9.77. The first-order valence-corrected chi connectivity index (χ1v) is 9.45. The Morgan fingerprint density at radius 2 is 2.04 bits per heavy atom. The lowest BCUT2D eigenvalue weighted by Gasteiger charge is -2.40. The Hall–Kier alpha value is -2.64. The predicted molar refractivity (Wildman–Crippen MR) is 107 cm³/mol. The maximum atomic E-state index is 6.24. The summed E-state index contributed by atoms with van der Waals surface area (Å²) in [6.07, 6.45) is 5.33. The summed E-state index contributed by atoms with van der Waals surface area (Å²) in [6, 6.07) is 7.75. The molecule has 0 unspecified atom stereocenters. The summed E-state index contributed by atoms with van der Waals surface area (Å²) in [5.74, 6) is 1.93. The molecule has 4 aromatic rings. The number of rotatable bonds is 3. The summed E-state index contributed by atoms with van der Waals surface area (Å²) in [4.78, 5) is 22.5. The number of anilines is 1. The van der Waals surface area contributed by atoms with E-state index in [9.17, 15) is 0 Å². The highest BCUT2D eigenvalue weighted by Crippen LogP contribution is 2.36. The highest BCUT2D eigenvalue weighted by Gasteiger charge is 2.38. The Morgan fingerprint density at radius 1 is 1.19 bits per heavy atom. The number of halogens is 1. The monoisotopic (exact) mass is 381 g/mol. The van der Waals surface area contributed by atoms with Crippen molar-refractivity contribution in [2.45, 2.75) is 18.3 Å². The number of hydrogen-bond acceptors (Lipinski definition) is 5. The molecule has 7 nitrogen and oxygen atoms in total. The highest BCUT2D eigenvalue weighted by molar-refractivity contribution is 6.31. The molecule has 1 aliphatic rings. The fourth-order valence-corrected chi connectivity index (χ4v) is 4.20. The van der Waals surface area contributed by atoms with Crippen molar-refractivity contribution in [1.29, 1.82) is 0 Å². The maximum Gasteiger partial charge on any atom is 0.142 e. The summed E-state index contributed by atoms with van der Waals surface area (Å²) in [7, 11) is 0. The molecule has 138 valence electrons. The number of aromatic nitrogens is 5. The van der Waals surface area contributed by atoms with Crippen LogP contribution in [0.15, 0.2) is 36.8 Å². The zero-order valence-electron chi connectivity index (χ0n) is 14.7. The molecule has 8 heteroatoms. The van der Waals surface area contributed by atoms with E-state index in [1.807, 2.05) is 30.5 Å². The summed E-state index contributed by atoms with van der Waals surface area (Å²) >= 11 is 6.11. The van der Waals surface area contributed by atoms with E-state index in [4.69, 9.17) is 22.3 Å². The molecule has 1 saturated heterocycles. The molecule has 3 aromatic heterocycles. The van der Waals surface area contributed by atoms with Crippen LogP contribution in [0.2, 0.25) is 5.02 Å². The highest BCUT2D eigenvalue weighted by atomic mass is 35.5. The normalized spacial score (nSPS) is 17.0. The largest absolute Gasteiger partial charge is 0.356 e. The van der Waals surface area contributed by atoms with Crippen LogP contribution in [0.1, 0.15) is 18.7 Å². The second-order valence-corrected chi connectivity index (χ2v) is 7.59. The van der Waals surface area contributed by atoms with Crippen molar-refractivity contribution in [3.05, 3.63) is 47.6 Å². The molecule has 0 atom stereocenters. The molecule has 0 radical (unpaired) electrons. The van der Waals surface area contributed by atoms with Gasteiger partial charge < -0.3 is 20.6 Å². The van der Waals surface area contributed by atoms with Gasteiger partial charge in [0.05, 0.1) is 16.4 Å². The number of nitrogens with one attached hydrogen (secondary N) is 2. The van der Waals surface area contributed by atoms with Crippen LogP contribution in [0.3, 0.4) is 0 Å². The third kappa shape index (κ3) is 2.65. The SMILES string of the molecule is NCC1(c2nc3ccc(Cl)cc3[nH]2)CCN(c2ncnc3[nH]ccc23)CC1. The van der Waals surface area contributed by atoms with E-state index in [0.29, 0.717) is 11.6 Å². The lowest BCUT2D eigenvalue weighted by Crippen LogP contribution is -2.47. The molecular weight excluding hydrogens is 362 g/mol. The molecule has 1 fully saturated rings. The molecule has 0 saturated carbocycles. The van der Waals surface area contributed by atoms with Gasteiger partial charge in [0.2, 0.25) is 0 Å². The van der Waals surface area contributed by atoms with Gasteiger partial charge in [-0.15, -0.1) is 0 Å². The van der Waals surface area contributed by atoms with Crippen LogP contribution in [-0.4, -0.2) is 44.6 Å². The Bertz CT molecular complexity index is 1110. The molecular formula is C19H20ClN7. The number of benzene rings is 1. The first-order chi connectivity index (χ1) is 13.2. The van der Waals surface area contributed by atoms with E-state index in [1.54, 1.807) is 6.33 Å². The van der Waals surface area contributed by atoms with E-state index in [2.05, 4.69) is 24.8 Å². The molecule has 4 heterocycles. The number of fused-ring (bicyclic) bond motifs is 2. The Kier molecular flexibility index (Phi) is 3.80. The average molecular weight is 382 g/mol. The third-order valence-electron chi connectivity index (χ3n) is 5.69. The minimum absolute atomic E-state index is 0.160. The van der Waals surface area contributed by atoms with Gasteiger partial charge in [-0.25, -0.2) is 15.0 Å². The van der Waals surface area contributed by atoms with Crippen molar-refractivity contribution in [3.8, 4) is 0 Å². The van der Waals surface area contributed by atoms with Crippen molar-refractivity contribution >= 4 is 39.5 Å². The number of nitrogens with zero attached hydrogens (tertiary/aromatic N) is 4. The minimum atomic E-state index is -0.160. The number of aromatic amines is 2. The molecule has 1 aromatic carbocycles. The molecule has 0 bridgehead atoms. The van der Waals surface area contributed by atoms with Crippen molar-refractivity contribution in [2.75, 3.05) is 24.5 Å². The van der Waals surface area contributed by atoms with Gasteiger partial charge in [0.15, 0.2) is 0 Å². The second-order valence-electron chi connectivity index (χ2n) is 7.16. The zero-order chi connectivity index (χ0) is 18.4. The summed E-state index contributed by atoms with van der Waals surface area (Å²) in [5, 5.41) is 1.75. The van der Waals surface area contributed by atoms with Gasteiger partial charge in [-0.1, -0.05) is 11.6 Å². The van der Waals surface area contributed by atoms with E-state index in [1.165, 1.54) is 0 Å². The van der Waals surface area contributed by atoms with Crippen LogP contribution in [0, 0.1) is 0 Å². The fourth-order valence-electron chi connectivity index (χ4n) is 4.03. The Balaban J connectivity index is 1.45. The zero-order valence-corrected chi connectivity index (χ0v) is 15.5. The number of H-pyrrole nitrogens is 2. The number of nitrogens with two attached hydrogens (primary N) is 1. The number of hydrogen-bond donors (Lipinski definition) is 3. The quantitative estimate of drug-likeness (QED) is 0.506. The van der Waals surface area contributed by atoms with Gasteiger partial charge in [0.25, 0.3) is 0 Å². The van der Waals surface area contributed by atoms with Gasteiger partial charge in [0, 0.05) is 36.3 Å². The van der Waals surface area contributed by atoms with Crippen molar-refractivity contribution in [3.63, 3.8) is 0 Å². The van der Waals surface area contributed by atoms with Crippen LogP contribution in [0.4, 0.5) is 5.82 Å². The van der Waals surface area contributed by atoms with Gasteiger partial charge >= 0.3 is 0 Å². The van der Waals surface area contributed by atoms with E-state index in [-0.39, 0.29) is 5.41 Å². The minimum Gasteiger partial charge on any atom is -0.356 e. The molecule has 27 heavy (non-hydrogen) atoms. The first-order valence-electron chi connectivity index (χ1n) is 9.07. The van der Waals surface area contributed by atoms with Crippen LogP contribution >= 0.6 is 11.6 Å². The van der Waals surface area contributed by atoms with Gasteiger partial charge in [-0.05, 0) is 37.1 Å². The molecule has 4 N–H and O–H groups in total. The topological polar surface area (TPSA) is 99.5 Å². The average Bonchev–Trinajstić information content (AvgIpc) is 3.34. The number of imidazole rings is 1. The van der Waals surface area contributed by atoms with Crippen molar-refractivity contribution in [2.24, 2.45) is 5.73 Å². The predicted octanol–water partition coefficient (Wildman–Crippen LogP) is 2.98. The van der Waals surface area contributed by atoms with Crippen LogP contribution in [-0.2, 0) is 5.41 Å². The van der Waals surface area contributed by atoms with E-state index in [0.717, 1.165) is 59.6 Å². The van der Waals surface area contributed by atoms with Crippen LogP contribution in [0.25, 0.3) is 22.1 Å². The smallest absolute Gasteiger partial charge is 0.142 e. The maximum absolute atomic E-state index is 6.24. The fraction of sp³-hybridized carbons (Fsp3) is 0.316. The molecule has 5 rings (SSSR count). The summed E-state index contributed by atoms with van der Waals surface area (Å²) in [6.45, 7) is 2.29. The van der Waals surface area contributed by atoms with Crippen LogP contribution in [0.5, 0.6) is 0 Å². The number of piperidine rings is 1. The summed E-state index contributed by atoms with van der Waals surface area (Å²) < 4.78 is 0. The summed E-state index contributed by atoms with van der Waals surface area (Å²) in [5.41, 5.74) is 8.83. The van der Waals surface area contributed by atoms with E-state index >= 15 is 0 Å². The van der Waals surface area contributed by atoms with Gasteiger partial charge in [0.1, 0.15) is 23.6 Å². The standard InChI is InChI=1S/C19H20ClN7/c20-12-1-2-14-15(9-12)26-18(25-14)19(10-21)4-7-27(8-5-19)17-13-3-6-22-16(13)23-11-24-17/h1-3,6,9,11H,4-5,7-8,10,21H2,(H,25,26)(H,22,23,24). The van der Waals surface area contributed by atoms with Crippen molar-refractivity contribution < 1.29 is 0 Å². The first kappa shape index (κ1) is 16.5. The lowest BCUT2D eigenvalue weighted by molar-refractivity contribution is 0.324. The molecule has 0 aliphatic carbocycles. The Labute approximate surface area is 161 Å². The van der Waals surface area contributed by atoms with E-state index < -0.39 is 0 Å². The van der Waals surface area contributed by atoms with Gasteiger partial charge in [-0.3, -0.25) is 0 Å². The molecule has 1 aliphatic heterocycles. The Morgan fingerprint density at radius 3 is 2.85 bits per heavy atom. The molecule has 0 spiro atoms. The second kappa shape index (κ2) is 6.21. The van der Waals surface area contributed by atoms with Gasteiger partial charge in [-0.2, -0.15) is 0 Å². The van der Waals surface area contributed by atoms with Crippen molar-refractivity contribution in [1.82, 2.24) is 24.9 Å². The van der Waals surface area contributed by atoms with Crippen LogP contribution < -0.4 is 10.6 Å².